The SMILES string of the molecule is COC(=O)c1ccc(NC(=O)Oc2ccccc2)c(Cl)c1. The summed E-state index contributed by atoms with van der Waals surface area (Å²) in [5.74, 6) is -0.0902. The van der Waals surface area contributed by atoms with Crippen LogP contribution in [0.4, 0.5) is 10.5 Å². The Morgan fingerprint density at radius 2 is 1.81 bits per heavy atom. The Balaban J connectivity index is 2.06. The summed E-state index contributed by atoms with van der Waals surface area (Å²) in [5, 5.41) is 2.71. The van der Waals surface area contributed by atoms with Gasteiger partial charge in [-0.25, -0.2) is 9.59 Å². The third-order valence-electron chi connectivity index (χ3n) is 2.58. The zero-order valence-corrected chi connectivity index (χ0v) is 11.9. The van der Waals surface area contributed by atoms with Crippen molar-refractivity contribution in [2.24, 2.45) is 0 Å². The highest BCUT2D eigenvalue weighted by atomic mass is 35.5. The first kappa shape index (κ1) is 14.9. The van der Waals surface area contributed by atoms with Gasteiger partial charge in [-0.05, 0) is 30.3 Å². The highest BCUT2D eigenvalue weighted by Crippen LogP contribution is 2.24. The summed E-state index contributed by atoms with van der Waals surface area (Å²) in [6.45, 7) is 0. The molecule has 0 radical (unpaired) electrons. The maximum Gasteiger partial charge on any atom is 0.417 e. The van der Waals surface area contributed by atoms with Gasteiger partial charge in [-0.2, -0.15) is 0 Å². The van der Waals surface area contributed by atoms with E-state index < -0.39 is 12.1 Å². The minimum atomic E-state index is -0.672. The van der Waals surface area contributed by atoms with E-state index in [4.69, 9.17) is 16.3 Å². The van der Waals surface area contributed by atoms with Crippen LogP contribution in [0.2, 0.25) is 5.02 Å². The van der Waals surface area contributed by atoms with Crippen molar-refractivity contribution >= 4 is 29.4 Å². The number of benzene rings is 2. The predicted molar refractivity (Wildman–Crippen MR) is 78.9 cm³/mol. The average molecular weight is 306 g/mol. The third kappa shape index (κ3) is 3.97. The first-order chi connectivity index (χ1) is 10.1. The van der Waals surface area contributed by atoms with Crippen LogP contribution >= 0.6 is 11.6 Å². The van der Waals surface area contributed by atoms with Crippen molar-refractivity contribution in [3.05, 3.63) is 59.1 Å². The number of rotatable bonds is 3. The number of para-hydroxylation sites is 1. The molecule has 21 heavy (non-hydrogen) atoms. The molecule has 0 fully saturated rings. The third-order valence-corrected chi connectivity index (χ3v) is 2.89. The summed E-state index contributed by atoms with van der Waals surface area (Å²) in [7, 11) is 1.28. The van der Waals surface area contributed by atoms with Crippen LogP contribution in [0, 0.1) is 0 Å². The first-order valence-electron chi connectivity index (χ1n) is 6.02. The van der Waals surface area contributed by atoms with E-state index in [1.165, 1.54) is 25.3 Å². The van der Waals surface area contributed by atoms with E-state index >= 15 is 0 Å². The predicted octanol–water partition coefficient (Wildman–Crippen LogP) is 3.74. The van der Waals surface area contributed by atoms with E-state index in [1.807, 2.05) is 6.07 Å². The van der Waals surface area contributed by atoms with E-state index in [1.54, 1.807) is 24.3 Å². The number of nitrogens with one attached hydrogen (secondary N) is 1. The molecular weight excluding hydrogens is 294 g/mol. The molecular formula is C15H12ClNO4. The second-order valence-electron chi connectivity index (χ2n) is 4.01. The minimum absolute atomic E-state index is 0.211. The van der Waals surface area contributed by atoms with E-state index in [0.29, 0.717) is 17.0 Å². The molecule has 5 nitrogen and oxygen atoms in total. The molecule has 0 heterocycles. The summed E-state index contributed by atoms with van der Waals surface area (Å²) in [4.78, 5) is 23.1. The molecule has 0 bridgehead atoms. The Bertz CT molecular complexity index is 658. The highest BCUT2D eigenvalue weighted by molar-refractivity contribution is 6.34. The van der Waals surface area contributed by atoms with E-state index in [2.05, 4.69) is 10.1 Å². The Morgan fingerprint density at radius 1 is 1.10 bits per heavy atom. The second kappa shape index (κ2) is 6.76. The fourth-order valence-electron chi connectivity index (χ4n) is 1.59. The zero-order valence-electron chi connectivity index (χ0n) is 11.1. The summed E-state index contributed by atoms with van der Waals surface area (Å²) in [5.41, 5.74) is 0.634. The van der Waals surface area contributed by atoms with Crippen molar-refractivity contribution in [3.63, 3.8) is 0 Å². The number of hydrogen-bond acceptors (Lipinski definition) is 4. The molecule has 0 spiro atoms. The topological polar surface area (TPSA) is 64.6 Å². The van der Waals surface area contributed by atoms with Gasteiger partial charge in [-0.15, -0.1) is 0 Å². The average Bonchev–Trinajstić information content (AvgIpc) is 2.49. The van der Waals surface area contributed by atoms with Gasteiger partial charge >= 0.3 is 12.1 Å². The molecule has 0 aliphatic heterocycles. The molecule has 0 aliphatic carbocycles. The number of carbonyl (C=O) groups excluding carboxylic acids is 2. The number of halogens is 1. The van der Waals surface area contributed by atoms with Crippen LogP contribution in [0.1, 0.15) is 10.4 Å². The zero-order chi connectivity index (χ0) is 15.2. The van der Waals surface area contributed by atoms with E-state index in [-0.39, 0.29) is 5.02 Å². The quantitative estimate of drug-likeness (QED) is 0.877. The lowest BCUT2D eigenvalue weighted by Gasteiger charge is -2.09. The Hall–Kier alpha value is -2.53. The maximum absolute atomic E-state index is 11.7. The number of esters is 1. The first-order valence-corrected chi connectivity index (χ1v) is 6.39. The van der Waals surface area contributed by atoms with Gasteiger partial charge in [0.15, 0.2) is 0 Å². The monoisotopic (exact) mass is 305 g/mol. The van der Waals surface area contributed by atoms with Crippen molar-refractivity contribution < 1.29 is 19.1 Å². The van der Waals surface area contributed by atoms with Gasteiger partial charge in [0.1, 0.15) is 5.75 Å². The Kier molecular flexibility index (Phi) is 4.79. The molecule has 1 amide bonds. The van der Waals surface area contributed by atoms with E-state index in [0.717, 1.165) is 0 Å². The summed E-state index contributed by atoms with van der Waals surface area (Å²) in [6.07, 6.45) is -0.672. The van der Waals surface area contributed by atoms with Gasteiger partial charge in [-0.1, -0.05) is 29.8 Å². The largest absolute Gasteiger partial charge is 0.465 e. The van der Waals surface area contributed by atoms with E-state index in [9.17, 15) is 9.59 Å². The Morgan fingerprint density at radius 3 is 2.43 bits per heavy atom. The molecule has 0 unspecified atom stereocenters. The van der Waals surface area contributed by atoms with Crippen LogP contribution < -0.4 is 10.1 Å². The fraction of sp³-hybridized carbons (Fsp3) is 0.0667. The lowest BCUT2D eigenvalue weighted by Crippen LogP contribution is -2.17. The maximum atomic E-state index is 11.7. The van der Waals surface area contributed by atoms with Gasteiger partial charge in [0.2, 0.25) is 0 Å². The molecule has 1 N–H and O–H groups in total. The number of anilines is 1. The lowest BCUT2D eigenvalue weighted by atomic mass is 10.2. The number of ether oxygens (including phenoxy) is 2. The highest BCUT2D eigenvalue weighted by Gasteiger charge is 2.11. The summed E-state index contributed by atoms with van der Waals surface area (Å²) >= 11 is 6.00. The normalized spacial score (nSPS) is 9.81. The van der Waals surface area contributed by atoms with Crippen LogP contribution in [0.25, 0.3) is 0 Å². The molecule has 0 atom stereocenters. The molecule has 108 valence electrons. The second-order valence-corrected chi connectivity index (χ2v) is 4.42. The number of carbonyl (C=O) groups is 2. The number of methoxy groups -OCH3 is 1. The van der Waals surface area contributed by atoms with Crippen molar-refractivity contribution in [1.82, 2.24) is 0 Å². The fourth-order valence-corrected chi connectivity index (χ4v) is 1.82. The molecule has 0 aromatic heterocycles. The van der Waals surface area contributed by atoms with Crippen LogP contribution in [0.5, 0.6) is 5.75 Å². The van der Waals surface area contributed by atoms with Crippen LogP contribution in [-0.4, -0.2) is 19.2 Å². The molecule has 2 aromatic rings. The molecule has 0 aliphatic rings. The van der Waals surface area contributed by atoms with Crippen LogP contribution in [0.15, 0.2) is 48.5 Å². The standard InChI is InChI=1S/C15H12ClNO4/c1-20-14(18)10-7-8-13(12(16)9-10)17-15(19)21-11-5-3-2-4-6-11/h2-9H,1H3,(H,17,19). The Labute approximate surface area is 126 Å². The van der Waals surface area contributed by atoms with Crippen molar-refractivity contribution in [3.8, 4) is 5.75 Å². The van der Waals surface area contributed by atoms with Crippen molar-refractivity contribution in [1.29, 1.82) is 0 Å². The summed E-state index contributed by atoms with van der Waals surface area (Å²) < 4.78 is 9.65. The number of amides is 1. The molecule has 2 rings (SSSR count). The lowest BCUT2D eigenvalue weighted by molar-refractivity contribution is 0.0600. The van der Waals surface area contributed by atoms with Crippen LogP contribution in [0.3, 0.4) is 0 Å². The molecule has 2 aromatic carbocycles. The van der Waals surface area contributed by atoms with Crippen molar-refractivity contribution in [2.75, 3.05) is 12.4 Å². The smallest absolute Gasteiger partial charge is 0.417 e. The van der Waals surface area contributed by atoms with Gasteiger partial charge in [0.25, 0.3) is 0 Å². The molecule has 0 saturated heterocycles. The van der Waals surface area contributed by atoms with Gasteiger partial charge < -0.3 is 9.47 Å². The minimum Gasteiger partial charge on any atom is -0.465 e. The summed E-state index contributed by atoms with van der Waals surface area (Å²) in [6, 6.07) is 13.0. The van der Waals surface area contributed by atoms with Gasteiger partial charge in [0.05, 0.1) is 23.4 Å². The van der Waals surface area contributed by atoms with Crippen molar-refractivity contribution in [2.45, 2.75) is 0 Å². The molecule has 6 heteroatoms. The number of hydrogen-bond donors (Lipinski definition) is 1. The van der Waals surface area contributed by atoms with Gasteiger partial charge in [-0.3, -0.25) is 5.32 Å². The van der Waals surface area contributed by atoms with Gasteiger partial charge in [0, 0.05) is 0 Å². The molecule has 0 saturated carbocycles. The van der Waals surface area contributed by atoms with Crippen LogP contribution in [-0.2, 0) is 4.74 Å².